The maximum atomic E-state index is 12.1. The van der Waals surface area contributed by atoms with Crippen LogP contribution in [0.3, 0.4) is 0 Å². The van der Waals surface area contributed by atoms with Crippen molar-refractivity contribution in [2.45, 2.75) is 38.8 Å². The van der Waals surface area contributed by atoms with Crippen molar-refractivity contribution in [1.29, 1.82) is 0 Å². The van der Waals surface area contributed by atoms with E-state index in [9.17, 15) is 4.79 Å². The van der Waals surface area contributed by atoms with Gasteiger partial charge >= 0.3 is 0 Å². The number of fused-ring (bicyclic) bond motifs is 1. The van der Waals surface area contributed by atoms with Gasteiger partial charge in [0.1, 0.15) is 0 Å². The van der Waals surface area contributed by atoms with Gasteiger partial charge in [-0.2, -0.15) is 0 Å². The normalized spacial score (nSPS) is 14.1. The Morgan fingerprint density at radius 3 is 2.85 bits per heavy atom. The van der Waals surface area contributed by atoms with Crippen LogP contribution in [0.15, 0.2) is 47.8 Å². The van der Waals surface area contributed by atoms with E-state index in [-0.39, 0.29) is 11.1 Å². The summed E-state index contributed by atoms with van der Waals surface area (Å²) in [6.45, 7) is 8.66. The second kappa shape index (κ2) is 6.06. The molecule has 0 saturated carbocycles. The van der Waals surface area contributed by atoms with Gasteiger partial charge < -0.3 is 10.3 Å². The highest BCUT2D eigenvalue weighted by Gasteiger charge is 2.19. The van der Waals surface area contributed by atoms with Crippen LogP contribution in [-0.4, -0.2) is 10.5 Å². The Labute approximate surface area is 119 Å². The zero-order chi connectivity index (χ0) is 14.6. The Morgan fingerprint density at radius 2 is 2.15 bits per heavy atom. The first-order valence-electron chi connectivity index (χ1n) is 7.05. The highest BCUT2D eigenvalue weighted by molar-refractivity contribution is 5.78. The van der Waals surface area contributed by atoms with Crippen LogP contribution in [0.25, 0.3) is 10.9 Å². The van der Waals surface area contributed by atoms with Crippen LogP contribution in [-0.2, 0) is 6.54 Å². The summed E-state index contributed by atoms with van der Waals surface area (Å²) in [5, 5.41) is 4.54. The molecule has 0 amide bonds. The number of nitrogens with one attached hydrogen (secondary N) is 2. The largest absolute Gasteiger partial charge is 0.322 e. The van der Waals surface area contributed by atoms with Gasteiger partial charge in [0, 0.05) is 23.2 Å². The highest BCUT2D eigenvalue weighted by Crippen LogP contribution is 2.16. The molecule has 0 aliphatic heterocycles. The number of pyridine rings is 1. The summed E-state index contributed by atoms with van der Waals surface area (Å²) in [5.41, 5.74) is 1.62. The molecule has 20 heavy (non-hydrogen) atoms. The summed E-state index contributed by atoms with van der Waals surface area (Å²) < 4.78 is 0. The number of benzene rings is 1. The summed E-state index contributed by atoms with van der Waals surface area (Å²) in [6, 6.07) is 9.80. The second-order valence-corrected chi connectivity index (χ2v) is 5.47. The van der Waals surface area contributed by atoms with Crippen molar-refractivity contribution >= 4 is 10.9 Å². The molecule has 3 heteroatoms. The molecule has 0 spiro atoms. The Morgan fingerprint density at radius 1 is 1.40 bits per heavy atom. The predicted molar refractivity (Wildman–Crippen MR) is 84.9 cm³/mol. The standard InChI is InChI=1S/C17H22N2O/c1-4-10-17(3,5-2)18-12-14-11-13-8-6-7-9-15(13)19-16(14)20/h4,6-9,11,18H,1,5,10,12H2,2-3H3,(H,19,20). The molecule has 3 nitrogen and oxygen atoms in total. The van der Waals surface area contributed by atoms with E-state index in [1.165, 1.54) is 0 Å². The molecule has 1 heterocycles. The predicted octanol–water partition coefficient (Wildman–Crippen LogP) is 3.36. The van der Waals surface area contributed by atoms with Crippen molar-refractivity contribution in [2.24, 2.45) is 0 Å². The minimum atomic E-state index is -0.0201. The number of rotatable bonds is 6. The first kappa shape index (κ1) is 14.5. The number of aromatic amines is 1. The van der Waals surface area contributed by atoms with E-state index in [4.69, 9.17) is 0 Å². The Bertz CT molecular complexity index is 659. The minimum Gasteiger partial charge on any atom is -0.322 e. The van der Waals surface area contributed by atoms with E-state index in [1.807, 2.05) is 36.4 Å². The van der Waals surface area contributed by atoms with Gasteiger partial charge in [0.15, 0.2) is 0 Å². The van der Waals surface area contributed by atoms with E-state index < -0.39 is 0 Å². The number of H-pyrrole nitrogens is 1. The minimum absolute atomic E-state index is 0.0141. The third kappa shape index (κ3) is 3.17. The molecule has 0 bridgehead atoms. The summed E-state index contributed by atoms with van der Waals surface area (Å²) in [6.07, 6.45) is 3.79. The molecule has 2 aromatic rings. The van der Waals surface area contributed by atoms with Gasteiger partial charge in [0.2, 0.25) is 0 Å². The summed E-state index contributed by atoms with van der Waals surface area (Å²) >= 11 is 0. The van der Waals surface area contributed by atoms with Crippen molar-refractivity contribution in [3.8, 4) is 0 Å². The van der Waals surface area contributed by atoms with Crippen LogP contribution in [0.4, 0.5) is 0 Å². The molecule has 1 aromatic carbocycles. The lowest BCUT2D eigenvalue weighted by atomic mass is 9.94. The number of hydrogen-bond donors (Lipinski definition) is 2. The maximum Gasteiger partial charge on any atom is 0.252 e. The molecular formula is C17H22N2O. The zero-order valence-corrected chi connectivity index (χ0v) is 12.2. The van der Waals surface area contributed by atoms with Gasteiger partial charge in [-0.25, -0.2) is 0 Å². The average Bonchev–Trinajstić information content (AvgIpc) is 2.45. The van der Waals surface area contributed by atoms with Gasteiger partial charge in [-0.3, -0.25) is 4.79 Å². The topological polar surface area (TPSA) is 44.9 Å². The molecule has 0 fully saturated rings. The molecule has 1 unspecified atom stereocenters. The average molecular weight is 270 g/mol. The number of para-hydroxylation sites is 1. The molecular weight excluding hydrogens is 248 g/mol. The highest BCUT2D eigenvalue weighted by atomic mass is 16.1. The molecule has 2 rings (SSSR count). The van der Waals surface area contributed by atoms with E-state index in [0.717, 1.165) is 29.3 Å². The first-order chi connectivity index (χ1) is 9.58. The molecule has 0 radical (unpaired) electrons. The van der Waals surface area contributed by atoms with E-state index >= 15 is 0 Å². The maximum absolute atomic E-state index is 12.1. The molecule has 1 atom stereocenters. The lowest BCUT2D eigenvalue weighted by Gasteiger charge is -2.28. The van der Waals surface area contributed by atoms with Crippen molar-refractivity contribution in [3.63, 3.8) is 0 Å². The third-order valence-electron chi connectivity index (χ3n) is 3.91. The van der Waals surface area contributed by atoms with Crippen LogP contribution in [0.1, 0.15) is 32.3 Å². The number of aromatic nitrogens is 1. The zero-order valence-electron chi connectivity index (χ0n) is 12.2. The van der Waals surface area contributed by atoms with E-state index in [2.05, 4.69) is 30.7 Å². The first-order valence-corrected chi connectivity index (χ1v) is 7.05. The van der Waals surface area contributed by atoms with Gasteiger partial charge in [-0.15, -0.1) is 6.58 Å². The van der Waals surface area contributed by atoms with Crippen LogP contribution < -0.4 is 10.9 Å². The van der Waals surface area contributed by atoms with E-state index in [0.29, 0.717) is 6.54 Å². The van der Waals surface area contributed by atoms with Crippen LogP contribution in [0.2, 0.25) is 0 Å². The third-order valence-corrected chi connectivity index (χ3v) is 3.91. The molecule has 106 valence electrons. The van der Waals surface area contributed by atoms with Crippen molar-refractivity contribution in [1.82, 2.24) is 10.3 Å². The van der Waals surface area contributed by atoms with Crippen molar-refractivity contribution in [2.75, 3.05) is 0 Å². The van der Waals surface area contributed by atoms with Crippen LogP contribution >= 0.6 is 0 Å². The second-order valence-electron chi connectivity index (χ2n) is 5.47. The van der Waals surface area contributed by atoms with E-state index in [1.54, 1.807) is 0 Å². The van der Waals surface area contributed by atoms with Gasteiger partial charge in [0.25, 0.3) is 5.56 Å². The van der Waals surface area contributed by atoms with Gasteiger partial charge in [-0.05, 0) is 37.3 Å². The molecule has 0 saturated heterocycles. The Balaban J connectivity index is 2.23. The van der Waals surface area contributed by atoms with Crippen LogP contribution in [0.5, 0.6) is 0 Å². The SMILES string of the molecule is C=CCC(C)(CC)NCc1cc2ccccc2[nH]c1=O. The molecule has 0 aliphatic rings. The van der Waals surface area contributed by atoms with Crippen molar-refractivity contribution < 1.29 is 0 Å². The Kier molecular flexibility index (Phi) is 4.40. The lowest BCUT2D eigenvalue weighted by molar-refractivity contribution is 0.343. The van der Waals surface area contributed by atoms with Gasteiger partial charge in [-0.1, -0.05) is 31.2 Å². The van der Waals surface area contributed by atoms with Gasteiger partial charge in [0.05, 0.1) is 0 Å². The summed E-state index contributed by atoms with van der Waals surface area (Å²) in [7, 11) is 0. The number of hydrogen-bond acceptors (Lipinski definition) is 2. The summed E-state index contributed by atoms with van der Waals surface area (Å²) in [5.74, 6) is 0. The fourth-order valence-electron chi connectivity index (χ4n) is 2.29. The summed E-state index contributed by atoms with van der Waals surface area (Å²) in [4.78, 5) is 15.0. The lowest BCUT2D eigenvalue weighted by Crippen LogP contribution is -2.41. The van der Waals surface area contributed by atoms with Crippen molar-refractivity contribution in [3.05, 3.63) is 58.9 Å². The molecule has 2 N–H and O–H groups in total. The molecule has 1 aromatic heterocycles. The molecule has 0 aliphatic carbocycles. The fraction of sp³-hybridized carbons (Fsp3) is 0.353. The van der Waals surface area contributed by atoms with Crippen LogP contribution in [0, 0.1) is 0 Å². The quantitative estimate of drug-likeness (QED) is 0.791. The Hall–Kier alpha value is -1.87. The monoisotopic (exact) mass is 270 g/mol. The fourth-order valence-corrected chi connectivity index (χ4v) is 2.29. The smallest absolute Gasteiger partial charge is 0.252 e.